The van der Waals surface area contributed by atoms with Crippen molar-refractivity contribution in [3.63, 3.8) is 0 Å². The van der Waals surface area contributed by atoms with Gasteiger partial charge in [-0.15, -0.1) is 11.3 Å². The molecule has 0 N–H and O–H groups in total. The van der Waals surface area contributed by atoms with E-state index in [-0.39, 0.29) is 11.8 Å². The van der Waals surface area contributed by atoms with E-state index in [1.807, 2.05) is 12.1 Å². The van der Waals surface area contributed by atoms with Gasteiger partial charge in [-0.3, -0.25) is 9.69 Å². The topological polar surface area (TPSA) is 20.3 Å². The van der Waals surface area contributed by atoms with Crippen molar-refractivity contribution in [3.05, 3.63) is 21.3 Å². The van der Waals surface area contributed by atoms with Crippen LogP contribution in [0.2, 0.25) is 4.34 Å². The van der Waals surface area contributed by atoms with Crippen LogP contribution in [-0.2, 0) is 0 Å². The van der Waals surface area contributed by atoms with Crippen LogP contribution in [0.15, 0.2) is 12.1 Å². The molecule has 0 bridgehead atoms. The molecule has 4 heteroatoms. The highest BCUT2D eigenvalue weighted by Crippen LogP contribution is 2.37. The van der Waals surface area contributed by atoms with E-state index in [2.05, 4.69) is 11.8 Å². The number of piperidine rings is 1. The van der Waals surface area contributed by atoms with Crippen LogP contribution in [0, 0.1) is 5.92 Å². The average molecular weight is 312 g/mol. The lowest BCUT2D eigenvalue weighted by Gasteiger charge is -2.46. The summed E-state index contributed by atoms with van der Waals surface area (Å²) in [5, 5.41) is 0. The van der Waals surface area contributed by atoms with Crippen molar-refractivity contribution in [2.24, 2.45) is 5.92 Å². The normalized spacial score (nSPS) is 28.9. The van der Waals surface area contributed by atoms with E-state index in [1.165, 1.54) is 49.9 Å². The van der Waals surface area contributed by atoms with E-state index in [0.717, 1.165) is 17.3 Å². The summed E-state index contributed by atoms with van der Waals surface area (Å²) in [6.45, 7) is 3.15. The number of halogens is 1. The number of hydrogen-bond acceptors (Lipinski definition) is 3. The molecule has 1 aliphatic carbocycles. The molecular formula is C16H22ClNOS. The molecule has 1 aromatic rings. The van der Waals surface area contributed by atoms with Crippen LogP contribution >= 0.6 is 22.9 Å². The first-order chi connectivity index (χ1) is 9.66. The summed E-state index contributed by atoms with van der Waals surface area (Å²) in [7, 11) is 0. The Morgan fingerprint density at radius 3 is 2.80 bits per heavy atom. The Labute approximate surface area is 130 Å². The SMILES string of the molecule is CC(C(=O)c1ccc(Cl)s1)N1CCCC2CCCCC21. The molecule has 1 aliphatic heterocycles. The molecular weight excluding hydrogens is 290 g/mol. The number of ketones is 1. The maximum Gasteiger partial charge on any atom is 0.189 e. The van der Waals surface area contributed by atoms with Gasteiger partial charge < -0.3 is 0 Å². The maximum absolute atomic E-state index is 12.6. The third-order valence-corrected chi connectivity index (χ3v) is 6.22. The van der Waals surface area contributed by atoms with Gasteiger partial charge in [-0.25, -0.2) is 0 Å². The van der Waals surface area contributed by atoms with Gasteiger partial charge in [0.25, 0.3) is 0 Å². The van der Waals surface area contributed by atoms with E-state index >= 15 is 0 Å². The van der Waals surface area contributed by atoms with Gasteiger partial charge in [0.15, 0.2) is 5.78 Å². The molecule has 2 aliphatic rings. The lowest BCUT2D eigenvalue weighted by atomic mass is 9.77. The quantitative estimate of drug-likeness (QED) is 0.759. The highest BCUT2D eigenvalue weighted by atomic mass is 35.5. The molecule has 1 saturated heterocycles. The predicted octanol–water partition coefficient (Wildman–Crippen LogP) is 4.63. The van der Waals surface area contributed by atoms with E-state index < -0.39 is 0 Å². The van der Waals surface area contributed by atoms with Crippen molar-refractivity contribution in [1.82, 2.24) is 4.90 Å². The molecule has 20 heavy (non-hydrogen) atoms. The van der Waals surface area contributed by atoms with Crippen molar-refractivity contribution in [2.75, 3.05) is 6.54 Å². The van der Waals surface area contributed by atoms with Crippen molar-refractivity contribution in [2.45, 2.75) is 57.5 Å². The van der Waals surface area contributed by atoms with Crippen LogP contribution in [0.1, 0.15) is 55.1 Å². The van der Waals surface area contributed by atoms with Gasteiger partial charge in [-0.05, 0) is 57.2 Å². The van der Waals surface area contributed by atoms with Gasteiger partial charge in [-0.2, -0.15) is 0 Å². The number of carbonyl (C=O) groups excluding carboxylic acids is 1. The van der Waals surface area contributed by atoms with Gasteiger partial charge in [0.1, 0.15) is 0 Å². The predicted molar refractivity (Wildman–Crippen MR) is 84.8 cm³/mol. The smallest absolute Gasteiger partial charge is 0.189 e. The molecule has 110 valence electrons. The fourth-order valence-electron chi connectivity index (χ4n) is 3.95. The maximum atomic E-state index is 12.6. The van der Waals surface area contributed by atoms with Crippen LogP contribution in [-0.4, -0.2) is 29.3 Å². The number of rotatable bonds is 3. The van der Waals surface area contributed by atoms with Crippen molar-refractivity contribution in [1.29, 1.82) is 0 Å². The summed E-state index contributed by atoms with van der Waals surface area (Å²) in [4.78, 5) is 15.9. The first-order valence-corrected chi connectivity index (χ1v) is 8.91. The Hall–Kier alpha value is -0.380. The van der Waals surface area contributed by atoms with Crippen molar-refractivity contribution < 1.29 is 4.79 Å². The van der Waals surface area contributed by atoms with E-state index in [1.54, 1.807) is 0 Å². The van der Waals surface area contributed by atoms with Crippen molar-refractivity contribution in [3.8, 4) is 0 Å². The van der Waals surface area contributed by atoms with Crippen molar-refractivity contribution >= 4 is 28.7 Å². The number of nitrogens with zero attached hydrogens (tertiary/aromatic N) is 1. The van der Waals surface area contributed by atoms with Crippen LogP contribution in [0.5, 0.6) is 0 Å². The highest BCUT2D eigenvalue weighted by Gasteiger charge is 2.37. The first-order valence-electron chi connectivity index (χ1n) is 7.72. The van der Waals surface area contributed by atoms with Gasteiger partial charge in [-0.1, -0.05) is 24.4 Å². The van der Waals surface area contributed by atoms with E-state index in [0.29, 0.717) is 10.4 Å². The van der Waals surface area contributed by atoms with Gasteiger partial charge in [0.05, 0.1) is 15.3 Å². The number of carbonyl (C=O) groups is 1. The zero-order chi connectivity index (χ0) is 14.1. The lowest BCUT2D eigenvalue weighted by molar-refractivity contribution is 0.0299. The van der Waals surface area contributed by atoms with Crippen LogP contribution in [0.3, 0.4) is 0 Å². The average Bonchev–Trinajstić information content (AvgIpc) is 2.91. The number of likely N-dealkylation sites (tertiary alicyclic amines) is 1. The molecule has 0 aromatic carbocycles. The number of thiophene rings is 1. The van der Waals surface area contributed by atoms with Crippen LogP contribution < -0.4 is 0 Å². The second kappa shape index (κ2) is 6.17. The third-order valence-electron chi connectivity index (χ3n) is 4.98. The molecule has 2 fully saturated rings. The molecule has 3 unspecified atom stereocenters. The molecule has 3 rings (SSSR count). The first kappa shape index (κ1) is 14.6. The third kappa shape index (κ3) is 2.81. The molecule has 1 aromatic heterocycles. The molecule has 2 heterocycles. The number of hydrogen-bond donors (Lipinski definition) is 0. The van der Waals surface area contributed by atoms with Gasteiger partial charge >= 0.3 is 0 Å². The molecule has 2 nitrogen and oxygen atoms in total. The minimum absolute atomic E-state index is 0.00406. The Bertz CT molecular complexity index is 485. The molecule has 3 atom stereocenters. The second-order valence-corrected chi connectivity index (χ2v) is 7.85. The lowest BCUT2D eigenvalue weighted by Crippen LogP contribution is -2.52. The molecule has 0 radical (unpaired) electrons. The van der Waals surface area contributed by atoms with E-state index in [4.69, 9.17) is 11.6 Å². The molecule has 1 saturated carbocycles. The van der Waals surface area contributed by atoms with Crippen LogP contribution in [0.4, 0.5) is 0 Å². The fraction of sp³-hybridized carbons (Fsp3) is 0.688. The Morgan fingerprint density at radius 1 is 1.30 bits per heavy atom. The minimum atomic E-state index is -0.00406. The number of Topliss-reactive ketones (excluding diaryl/α,β-unsaturated/α-hetero) is 1. The number of fused-ring (bicyclic) bond motifs is 1. The monoisotopic (exact) mass is 311 g/mol. The molecule has 0 spiro atoms. The second-order valence-electron chi connectivity index (χ2n) is 6.14. The highest BCUT2D eigenvalue weighted by molar-refractivity contribution is 7.18. The summed E-state index contributed by atoms with van der Waals surface area (Å²) >= 11 is 7.37. The fourth-order valence-corrected chi connectivity index (χ4v) is 5.01. The Kier molecular flexibility index (Phi) is 4.49. The summed E-state index contributed by atoms with van der Waals surface area (Å²) in [6, 6.07) is 4.32. The van der Waals surface area contributed by atoms with Gasteiger partial charge in [0, 0.05) is 6.04 Å². The minimum Gasteiger partial charge on any atom is -0.291 e. The zero-order valence-electron chi connectivity index (χ0n) is 12.0. The summed E-state index contributed by atoms with van der Waals surface area (Å²) < 4.78 is 0.703. The molecule has 0 amide bonds. The van der Waals surface area contributed by atoms with Crippen LogP contribution in [0.25, 0.3) is 0 Å². The summed E-state index contributed by atoms with van der Waals surface area (Å²) in [5.41, 5.74) is 0. The van der Waals surface area contributed by atoms with Gasteiger partial charge in [0.2, 0.25) is 0 Å². The zero-order valence-corrected chi connectivity index (χ0v) is 13.6. The summed E-state index contributed by atoms with van der Waals surface area (Å²) in [5.74, 6) is 1.06. The largest absolute Gasteiger partial charge is 0.291 e. The van der Waals surface area contributed by atoms with E-state index in [9.17, 15) is 4.79 Å². The Morgan fingerprint density at radius 2 is 2.05 bits per heavy atom. The standard InChI is InChI=1S/C16H22ClNOS/c1-11(16(19)14-8-9-15(17)20-14)18-10-4-6-12-5-2-3-7-13(12)18/h8-9,11-13H,2-7,10H2,1H3. The summed E-state index contributed by atoms with van der Waals surface area (Å²) in [6.07, 6.45) is 7.92. The Balaban J connectivity index is 1.75.